The van der Waals surface area contributed by atoms with Crippen molar-refractivity contribution in [2.75, 3.05) is 0 Å². The molecule has 2 aromatic heterocycles. The molecular weight excluding hydrogens is 437 g/mol. The average molecular weight is 456 g/mol. The van der Waals surface area contributed by atoms with Crippen molar-refractivity contribution >= 4 is 28.5 Å². The van der Waals surface area contributed by atoms with E-state index in [1.54, 1.807) is 32.0 Å². The zero-order chi connectivity index (χ0) is 22.8. The highest BCUT2D eigenvalue weighted by Crippen LogP contribution is 2.33. The van der Waals surface area contributed by atoms with Crippen LogP contribution in [0.5, 0.6) is 5.75 Å². The molecule has 2 heterocycles. The second kappa shape index (κ2) is 8.88. The van der Waals surface area contributed by atoms with Crippen molar-refractivity contribution < 1.29 is 22.8 Å². The molecule has 6 nitrogen and oxygen atoms in total. The third-order valence-corrected chi connectivity index (χ3v) is 5.27. The predicted molar refractivity (Wildman–Crippen MR) is 118 cm³/mol. The Labute approximate surface area is 187 Å². The molecule has 8 heteroatoms. The number of amides is 1. The molecule has 0 spiro atoms. The van der Waals surface area contributed by atoms with Crippen LogP contribution >= 0.6 is 11.6 Å². The van der Waals surface area contributed by atoms with Crippen molar-refractivity contribution in [3.8, 4) is 16.9 Å². The van der Waals surface area contributed by atoms with Crippen LogP contribution in [0.15, 0.2) is 68.4 Å². The lowest BCUT2D eigenvalue weighted by molar-refractivity contribution is -0.127. The maximum Gasteiger partial charge on any atom is 0.261 e. The molecule has 4 rings (SSSR count). The van der Waals surface area contributed by atoms with Crippen LogP contribution in [-0.2, 0) is 11.3 Å². The summed E-state index contributed by atoms with van der Waals surface area (Å²) in [6, 6.07) is 12.3. The number of carbonyl (C=O) groups is 1. The lowest BCUT2D eigenvalue weighted by Crippen LogP contribution is -2.35. The highest BCUT2D eigenvalue weighted by molar-refractivity contribution is 6.33. The fraction of sp³-hybridized carbons (Fsp3) is 0.167. The fourth-order valence-electron chi connectivity index (χ4n) is 3.37. The number of furan rings is 1. The smallest absolute Gasteiger partial charge is 0.261 e. The van der Waals surface area contributed by atoms with Crippen molar-refractivity contribution in [3.63, 3.8) is 0 Å². The summed E-state index contributed by atoms with van der Waals surface area (Å²) < 4.78 is 31.1. The number of nitrogens with one attached hydrogen (secondary N) is 1. The minimum absolute atomic E-state index is 0.00416. The maximum atomic E-state index is 14.4. The molecule has 1 N–H and O–H groups in total. The van der Waals surface area contributed by atoms with Gasteiger partial charge in [-0.25, -0.2) is 4.39 Å². The van der Waals surface area contributed by atoms with E-state index in [0.717, 1.165) is 0 Å². The van der Waals surface area contributed by atoms with E-state index < -0.39 is 17.3 Å². The molecule has 0 saturated heterocycles. The van der Waals surface area contributed by atoms with Crippen LogP contribution in [0, 0.1) is 12.7 Å². The van der Waals surface area contributed by atoms with Gasteiger partial charge in [-0.3, -0.25) is 9.59 Å². The Bertz CT molecular complexity index is 1330. The summed E-state index contributed by atoms with van der Waals surface area (Å²) in [6.07, 6.45) is 0.726. The summed E-state index contributed by atoms with van der Waals surface area (Å²) in [5, 5.41) is 3.08. The number of hydrogen-bond acceptors (Lipinski definition) is 5. The van der Waals surface area contributed by atoms with Gasteiger partial charge in [0.25, 0.3) is 5.91 Å². The van der Waals surface area contributed by atoms with Crippen molar-refractivity contribution in [2.24, 2.45) is 0 Å². The molecule has 0 saturated carbocycles. The molecule has 0 aliphatic rings. The van der Waals surface area contributed by atoms with Crippen molar-refractivity contribution in [1.82, 2.24) is 5.32 Å². The van der Waals surface area contributed by atoms with Crippen LogP contribution in [0.4, 0.5) is 4.39 Å². The van der Waals surface area contributed by atoms with Crippen LogP contribution in [0.1, 0.15) is 18.4 Å². The van der Waals surface area contributed by atoms with Gasteiger partial charge in [0.1, 0.15) is 28.7 Å². The first kappa shape index (κ1) is 21.6. The van der Waals surface area contributed by atoms with Gasteiger partial charge in [0.15, 0.2) is 6.10 Å². The Balaban J connectivity index is 1.60. The molecule has 164 valence electrons. The SMILES string of the molecule is Cc1oc2cc(O[C@@H](C)C(=O)NCc3ccco3)ccc2c(=O)c1-c1c(F)cccc1Cl. The molecule has 0 unspecified atom stereocenters. The van der Waals surface area contributed by atoms with Crippen LogP contribution in [0.2, 0.25) is 5.02 Å². The van der Waals surface area contributed by atoms with Crippen molar-refractivity contribution in [1.29, 1.82) is 0 Å². The zero-order valence-electron chi connectivity index (χ0n) is 17.3. The van der Waals surface area contributed by atoms with Crippen LogP contribution in [0.3, 0.4) is 0 Å². The molecule has 4 aromatic rings. The van der Waals surface area contributed by atoms with Gasteiger partial charge in [-0.15, -0.1) is 0 Å². The standard InChI is InChI=1S/C24H19ClFNO5/c1-13-21(22-18(25)6-3-7-19(22)26)23(28)17-9-8-15(11-20(17)32-13)31-14(2)24(29)27-12-16-5-4-10-30-16/h3-11,14H,12H2,1-2H3,(H,27,29)/t14-/m0/s1. The molecule has 0 radical (unpaired) electrons. The van der Waals surface area contributed by atoms with E-state index in [4.69, 9.17) is 25.2 Å². The molecule has 1 atom stereocenters. The Hall–Kier alpha value is -3.58. The van der Waals surface area contributed by atoms with E-state index in [1.807, 2.05) is 0 Å². The molecule has 0 bridgehead atoms. The third kappa shape index (κ3) is 4.24. The van der Waals surface area contributed by atoms with E-state index >= 15 is 0 Å². The number of rotatable bonds is 6. The van der Waals surface area contributed by atoms with Crippen LogP contribution < -0.4 is 15.5 Å². The number of ether oxygens (including phenoxy) is 1. The van der Waals surface area contributed by atoms with Gasteiger partial charge in [-0.1, -0.05) is 17.7 Å². The number of halogens is 2. The van der Waals surface area contributed by atoms with Gasteiger partial charge in [0.05, 0.1) is 28.8 Å². The summed E-state index contributed by atoms with van der Waals surface area (Å²) in [5.41, 5.74) is -0.0830. The van der Waals surface area contributed by atoms with Gasteiger partial charge >= 0.3 is 0 Å². The third-order valence-electron chi connectivity index (χ3n) is 4.95. The Morgan fingerprint density at radius 3 is 2.72 bits per heavy atom. The van der Waals surface area contributed by atoms with Crippen LogP contribution in [0.25, 0.3) is 22.1 Å². The molecule has 0 fully saturated rings. The highest BCUT2D eigenvalue weighted by Gasteiger charge is 2.20. The van der Waals surface area contributed by atoms with Crippen LogP contribution in [-0.4, -0.2) is 12.0 Å². The lowest BCUT2D eigenvalue weighted by atomic mass is 10.0. The van der Waals surface area contributed by atoms with Crippen molar-refractivity contribution in [3.05, 3.63) is 87.4 Å². The quantitative estimate of drug-likeness (QED) is 0.430. The summed E-state index contributed by atoms with van der Waals surface area (Å²) in [7, 11) is 0. The molecule has 0 aliphatic carbocycles. The monoisotopic (exact) mass is 455 g/mol. The normalized spacial score (nSPS) is 12.0. The first-order valence-electron chi connectivity index (χ1n) is 9.83. The maximum absolute atomic E-state index is 14.4. The molecule has 1 amide bonds. The summed E-state index contributed by atoms with van der Waals surface area (Å²) in [5.74, 6) is 0.248. The number of fused-ring (bicyclic) bond motifs is 1. The van der Waals surface area contributed by atoms with Gasteiger partial charge in [-0.05, 0) is 50.2 Å². The van der Waals surface area contributed by atoms with E-state index in [9.17, 15) is 14.0 Å². The molecule has 2 aromatic carbocycles. The zero-order valence-corrected chi connectivity index (χ0v) is 18.0. The second-order valence-corrected chi connectivity index (χ2v) is 7.58. The Morgan fingerprint density at radius 1 is 1.19 bits per heavy atom. The minimum atomic E-state index is -0.799. The number of benzene rings is 2. The molecule has 32 heavy (non-hydrogen) atoms. The van der Waals surface area contributed by atoms with Crippen molar-refractivity contribution in [2.45, 2.75) is 26.5 Å². The average Bonchev–Trinajstić information content (AvgIpc) is 3.27. The predicted octanol–water partition coefficient (Wildman–Crippen LogP) is 5.24. The number of hydrogen-bond donors (Lipinski definition) is 1. The largest absolute Gasteiger partial charge is 0.481 e. The highest BCUT2D eigenvalue weighted by atomic mass is 35.5. The topological polar surface area (TPSA) is 81.7 Å². The van der Waals surface area contributed by atoms with Gasteiger partial charge < -0.3 is 18.9 Å². The molecular formula is C24H19ClFNO5. The first-order chi connectivity index (χ1) is 15.3. The summed E-state index contributed by atoms with van der Waals surface area (Å²) >= 11 is 6.15. The lowest BCUT2D eigenvalue weighted by Gasteiger charge is -2.15. The van der Waals surface area contributed by atoms with E-state index in [2.05, 4.69) is 5.32 Å². The Kier molecular flexibility index (Phi) is 6.01. The van der Waals surface area contributed by atoms with Gasteiger partial charge in [-0.2, -0.15) is 0 Å². The number of aryl methyl sites for hydroxylation is 1. The first-order valence-corrected chi connectivity index (χ1v) is 10.2. The summed E-state index contributed by atoms with van der Waals surface area (Å²) in [6.45, 7) is 3.41. The van der Waals surface area contributed by atoms with E-state index in [1.165, 1.54) is 36.6 Å². The minimum Gasteiger partial charge on any atom is -0.481 e. The Morgan fingerprint density at radius 2 is 2.00 bits per heavy atom. The summed E-state index contributed by atoms with van der Waals surface area (Å²) in [4.78, 5) is 25.4. The van der Waals surface area contributed by atoms with E-state index in [0.29, 0.717) is 11.5 Å². The van der Waals surface area contributed by atoms with E-state index in [-0.39, 0.29) is 45.3 Å². The fourth-order valence-corrected chi connectivity index (χ4v) is 3.63. The number of carbonyl (C=O) groups excluding carboxylic acids is 1. The molecule has 0 aliphatic heterocycles. The second-order valence-electron chi connectivity index (χ2n) is 7.17. The van der Waals surface area contributed by atoms with Gasteiger partial charge in [0.2, 0.25) is 5.43 Å². The van der Waals surface area contributed by atoms with Gasteiger partial charge in [0, 0.05) is 11.6 Å².